The van der Waals surface area contributed by atoms with E-state index in [1.54, 1.807) is 0 Å². The van der Waals surface area contributed by atoms with Gasteiger partial charge in [0.2, 0.25) is 5.56 Å². The van der Waals surface area contributed by atoms with Crippen molar-refractivity contribution in [3.8, 4) is 28.3 Å². The van der Waals surface area contributed by atoms with Crippen molar-refractivity contribution < 1.29 is 40.3 Å². The number of benzene rings is 2. The molecule has 1 fully saturated rings. The summed E-state index contributed by atoms with van der Waals surface area (Å²) in [7, 11) is 1.91. The van der Waals surface area contributed by atoms with Gasteiger partial charge in [-0.1, -0.05) is 18.2 Å². The van der Waals surface area contributed by atoms with Crippen molar-refractivity contribution in [3.05, 3.63) is 88.4 Å². The maximum Gasteiger partial charge on any atom is 0.422 e. The number of aromatic amines is 1. The Labute approximate surface area is 256 Å². The molecule has 1 aliphatic rings. The third-order valence-corrected chi connectivity index (χ3v) is 7.17. The minimum Gasteiger partial charge on any atom is -0.454 e. The number of nitrogens with zero attached hydrogens (tertiary/aromatic N) is 4. The van der Waals surface area contributed by atoms with Crippen LogP contribution >= 0.6 is 0 Å². The summed E-state index contributed by atoms with van der Waals surface area (Å²) >= 11 is 0. The van der Waals surface area contributed by atoms with E-state index in [0.29, 0.717) is 26.2 Å². The van der Waals surface area contributed by atoms with Crippen LogP contribution in [0.4, 0.5) is 42.1 Å². The summed E-state index contributed by atoms with van der Waals surface area (Å²) in [6.45, 7) is 0.506. The van der Waals surface area contributed by atoms with Crippen LogP contribution in [-0.4, -0.2) is 71.8 Å². The van der Waals surface area contributed by atoms with Gasteiger partial charge in [-0.3, -0.25) is 9.59 Å². The second-order valence-corrected chi connectivity index (χ2v) is 10.4. The van der Waals surface area contributed by atoms with E-state index in [4.69, 9.17) is 0 Å². The van der Waals surface area contributed by atoms with E-state index in [-0.39, 0.29) is 33.6 Å². The highest BCUT2D eigenvalue weighted by Gasteiger charge is 2.34. The minimum absolute atomic E-state index is 0.0427. The lowest BCUT2D eigenvalue weighted by Gasteiger charge is -2.35. The van der Waals surface area contributed by atoms with Gasteiger partial charge in [-0.2, -0.15) is 26.3 Å². The Kier molecular flexibility index (Phi) is 9.01. The maximum atomic E-state index is 15.6. The van der Waals surface area contributed by atoms with E-state index in [1.807, 2.05) is 16.8 Å². The van der Waals surface area contributed by atoms with Gasteiger partial charge in [-0.05, 0) is 30.8 Å². The van der Waals surface area contributed by atoms with Crippen LogP contribution in [0.25, 0.3) is 22.3 Å². The average Bonchev–Trinajstić information content (AvgIpc) is 3.00. The van der Waals surface area contributed by atoms with Crippen LogP contribution in [0, 0.1) is 5.82 Å². The zero-order chi connectivity index (χ0) is 33.2. The molecule has 3 heterocycles. The first-order valence-corrected chi connectivity index (χ1v) is 13.7. The van der Waals surface area contributed by atoms with Gasteiger partial charge in [0, 0.05) is 67.5 Å². The van der Waals surface area contributed by atoms with E-state index in [2.05, 4.69) is 25.0 Å². The number of piperazine rings is 1. The van der Waals surface area contributed by atoms with Crippen LogP contribution in [-0.2, 0) is 6.18 Å². The number of H-pyrrole nitrogens is 1. The molecule has 0 aliphatic carbocycles. The first kappa shape index (κ1) is 32.4. The largest absolute Gasteiger partial charge is 0.454 e. The molecule has 2 aromatic heterocycles. The van der Waals surface area contributed by atoms with Gasteiger partial charge in [-0.25, -0.2) is 14.4 Å². The third kappa shape index (κ3) is 7.44. The van der Waals surface area contributed by atoms with Crippen molar-refractivity contribution >= 4 is 17.3 Å². The maximum absolute atomic E-state index is 15.6. The van der Waals surface area contributed by atoms with Crippen molar-refractivity contribution in [2.75, 3.05) is 50.1 Å². The SMILES string of the molecule is CN1CCN(c2cc(F)c(-c3cnc(OCC(F)(F)F)nc3)cc2NC(=O)c2c[nH]c(=O)cc2-c2ccccc2C(F)(F)F)CC1. The number of carbonyl (C=O) groups excluding carboxylic acids is 1. The highest BCUT2D eigenvalue weighted by atomic mass is 19.4. The number of hydrogen-bond acceptors (Lipinski definition) is 7. The summed E-state index contributed by atoms with van der Waals surface area (Å²) in [5.74, 6) is -1.66. The summed E-state index contributed by atoms with van der Waals surface area (Å²) in [4.78, 5) is 39.5. The molecule has 242 valence electrons. The summed E-state index contributed by atoms with van der Waals surface area (Å²) < 4.78 is 99.2. The second-order valence-electron chi connectivity index (χ2n) is 10.4. The minimum atomic E-state index is -4.79. The molecule has 0 spiro atoms. The molecule has 1 aliphatic heterocycles. The van der Waals surface area contributed by atoms with Gasteiger partial charge >= 0.3 is 18.4 Å². The highest BCUT2D eigenvalue weighted by Crippen LogP contribution is 2.39. The molecule has 0 atom stereocenters. The van der Waals surface area contributed by atoms with Crippen molar-refractivity contribution in [1.29, 1.82) is 0 Å². The summed E-state index contributed by atoms with van der Waals surface area (Å²) in [6, 6.07) is 7.22. The number of aromatic nitrogens is 3. The number of halogens is 7. The summed E-state index contributed by atoms with van der Waals surface area (Å²) in [5, 5.41) is 2.65. The number of pyridine rings is 1. The van der Waals surface area contributed by atoms with Crippen molar-refractivity contribution in [1.82, 2.24) is 19.9 Å². The number of hydrogen-bond donors (Lipinski definition) is 2. The van der Waals surface area contributed by atoms with Gasteiger partial charge in [-0.15, -0.1) is 0 Å². The van der Waals surface area contributed by atoms with E-state index < -0.39 is 53.4 Å². The fourth-order valence-corrected chi connectivity index (χ4v) is 4.91. The molecular formula is C30H25F7N6O3. The van der Waals surface area contributed by atoms with Crippen LogP contribution in [0.1, 0.15) is 15.9 Å². The highest BCUT2D eigenvalue weighted by molar-refractivity contribution is 6.10. The van der Waals surface area contributed by atoms with Crippen molar-refractivity contribution in [3.63, 3.8) is 0 Å². The number of amides is 1. The molecule has 2 N–H and O–H groups in total. The molecule has 2 aromatic carbocycles. The Balaban J connectivity index is 1.55. The summed E-state index contributed by atoms with van der Waals surface area (Å²) in [5.41, 5.74) is -2.49. The number of anilines is 2. The number of ether oxygens (including phenoxy) is 1. The van der Waals surface area contributed by atoms with Gasteiger partial charge in [0.25, 0.3) is 5.91 Å². The predicted octanol–water partition coefficient (Wildman–Crippen LogP) is 5.60. The number of likely N-dealkylation sites (N-methyl/N-ethyl adjacent to an activating group) is 1. The fourth-order valence-electron chi connectivity index (χ4n) is 4.91. The monoisotopic (exact) mass is 650 g/mol. The molecule has 0 radical (unpaired) electrons. The molecular weight excluding hydrogens is 625 g/mol. The van der Waals surface area contributed by atoms with Gasteiger partial charge in [0.1, 0.15) is 5.82 Å². The van der Waals surface area contributed by atoms with E-state index >= 15 is 4.39 Å². The molecule has 0 saturated carbocycles. The normalized spacial score (nSPS) is 14.3. The predicted molar refractivity (Wildman–Crippen MR) is 154 cm³/mol. The third-order valence-electron chi connectivity index (χ3n) is 7.17. The lowest BCUT2D eigenvalue weighted by atomic mass is 9.96. The van der Waals surface area contributed by atoms with Gasteiger partial charge in [0.05, 0.1) is 22.5 Å². The number of alkyl halides is 6. The molecule has 9 nitrogen and oxygen atoms in total. The Morgan fingerprint density at radius 1 is 0.957 bits per heavy atom. The average molecular weight is 651 g/mol. The lowest BCUT2D eigenvalue weighted by molar-refractivity contribution is -0.154. The Hall–Kier alpha value is -4.99. The molecule has 46 heavy (non-hydrogen) atoms. The number of nitrogens with one attached hydrogen (secondary N) is 2. The quantitative estimate of drug-likeness (QED) is 0.251. The molecule has 0 bridgehead atoms. The van der Waals surface area contributed by atoms with Crippen LogP contribution in [0.15, 0.2) is 65.8 Å². The smallest absolute Gasteiger partial charge is 0.422 e. The Bertz CT molecular complexity index is 1780. The first-order chi connectivity index (χ1) is 21.7. The van der Waals surface area contributed by atoms with Crippen LogP contribution in [0.3, 0.4) is 0 Å². The molecule has 1 amide bonds. The first-order valence-electron chi connectivity index (χ1n) is 13.7. The molecule has 1 saturated heterocycles. The van der Waals surface area contributed by atoms with Crippen LogP contribution < -0.4 is 20.5 Å². The molecule has 4 aromatic rings. The topological polar surface area (TPSA) is 103 Å². The molecule has 5 rings (SSSR count). The number of rotatable bonds is 7. The summed E-state index contributed by atoms with van der Waals surface area (Å²) in [6.07, 6.45) is -6.32. The van der Waals surface area contributed by atoms with Crippen molar-refractivity contribution in [2.24, 2.45) is 0 Å². The van der Waals surface area contributed by atoms with Crippen LogP contribution in [0.2, 0.25) is 0 Å². The fraction of sp³-hybridized carbons (Fsp3) is 0.267. The Morgan fingerprint density at radius 2 is 1.63 bits per heavy atom. The zero-order valence-corrected chi connectivity index (χ0v) is 24.0. The van der Waals surface area contributed by atoms with E-state index in [0.717, 1.165) is 42.9 Å². The molecule has 16 heteroatoms. The second kappa shape index (κ2) is 12.8. The molecule has 0 unspecified atom stereocenters. The number of carbonyl (C=O) groups is 1. The van der Waals surface area contributed by atoms with E-state index in [1.165, 1.54) is 18.2 Å². The van der Waals surface area contributed by atoms with Gasteiger partial charge in [0.15, 0.2) is 6.61 Å². The Morgan fingerprint density at radius 3 is 2.28 bits per heavy atom. The van der Waals surface area contributed by atoms with Crippen LogP contribution in [0.5, 0.6) is 6.01 Å². The zero-order valence-electron chi connectivity index (χ0n) is 24.0. The van der Waals surface area contributed by atoms with Crippen molar-refractivity contribution in [2.45, 2.75) is 12.4 Å². The standard InChI is InChI=1S/C30H25F7N6O3/c1-42-6-8-43(9-7-42)25-12-23(31)19(17-13-39-28(40-14-17)46-16-29(32,33)34)10-24(25)41-27(45)21-15-38-26(44)11-20(21)18-4-2-3-5-22(18)30(35,36)37/h2-5,10-15H,6-9,16H2,1H3,(H,38,44)(H,41,45). The van der Waals surface area contributed by atoms with E-state index in [9.17, 15) is 35.9 Å². The van der Waals surface area contributed by atoms with Gasteiger partial charge < -0.3 is 24.8 Å². The lowest BCUT2D eigenvalue weighted by Crippen LogP contribution is -2.44.